The molecule has 0 saturated heterocycles. The van der Waals surface area contributed by atoms with Crippen LogP contribution in [0.2, 0.25) is 0 Å². The number of benzene rings is 1. The van der Waals surface area contributed by atoms with Gasteiger partial charge in [0.05, 0.1) is 4.90 Å². The van der Waals surface area contributed by atoms with Crippen molar-refractivity contribution in [2.24, 2.45) is 5.73 Å². The number of sulfone groups is 1. The Balaban J connectivity index is 2.94. The maximum absolute atomic E-state index is 11.3. The predicted octanol–water partition coefficient (Wildman–Crippen LogP) is 1.45. The third-order valence-corrected chi connectivity index (χ3v) is 3.04. The minimum Gasteiger partial charge on any atom is -0.330 e. The molecule has 0 unspecified atom stereocenters. The van der Waals surface area contributed by atoms with Gasteiger partial charge in [0.2, 0.25) is 0 Å². The Morgan fingerprint density at radius 1 is 1.40 bits per heavy atom. The van der Waals surface area contributed by atoms with Crippen LogP contribution in [0, 0.1) is 0 Å². The minimum atomic E-state index is -3.11. The Kier molecular flexibility index (Phi) is 4.05. The molecule has 0 amide bonds. The van der Waals surface area contributed by atoms with Gasteiger partial charge in [-0.1, -0.05) is 24.3 Å². The van der Waals surface area contributed by atoms with E-state index in [1.807, 2.05) is 18.2 Å². The first-order valence-corrected chi connectivity index (χ1v) is 6.60. The van der Waals surface area contributed by atoms with Gasteiger partial charge in [0.1, 0.15) is 0 Å². The monoisotopic (exact) mass is 225 g/mol. The molecule has 0 aromatic heterocycles. The molecule has 4 heteroatoms. The molecule has 0 atom stereocenters. The van der Waals surface area contributed by atoms with Crippen molar-refractivity contribution >= 4 is 15.9 Å². The predicted molar refractivity (Wildman–Crippen MR) is 62.3 cm³/mol. The second-order valence-corrected chi connectivity index (χ2v) is 5.34. The van der Waals surface area contributed by atoms with Gasteiger partial charge in [-0.15, -0.1) is 0 Å². The van der Waals surface area contributed by atoms with E-state index in [0.29, 0.717) is 11.4 Å². The largest absolute Gasteiger partial charge is 0.330 e. The van der Waals surface area contributed by atoms with Crippen molar-refractivity contribution in [1.29, 1.82) is 0 Å². The van der Waals surface area contributed by atoms with Crippen molar-refractivity contribution in [2.45, 2.75) is 11.3 Å². The van der Waals surface area contributed by atoms with E-state index >= 15 is 0 Å². The smallest absolute Gasteiger partial charge is 0.175 e. The van der Waals surface area contributed by atoms with E-state index in [4.69, 9.17) is 5.73 Å². The van der Waals surface area contributed by atoms with Crippen molar-refractivity contribution in [1.82, 2.24) is 0 Å². The van der Waals surface area contributed by atoms with Crippen LogP contribution >= 0.6 is 0 Å². The van der Waals surface area contributed by atoms with Gasteiger partial charge in [0, 0.05) is 6.26 Å². The molecule has 0 fully saturated rings. The summed E-state index contributed by atoms with van der Waals surface area (Å²) in [6.07, 6.45) is 5.81. The summed E-state index contributed by atoms with van der Waals surface area (Å²) in [5.74, 6) is 0. The highest BCUT2D eigenvalue weighted by atomic mass is 32.2. The Morgan fingerprint density at radius 2 is 2.13 bits per heavy atom. The van der Waals surface area contributed by atoms with Crippen LogP contribution in [0.5, 0.6) is 0 Å². The highest BCUT2D eigenvalue weighted by Crippen LogP contribution is 2.12. The topological polar surface area (TPSA) is 60.2 Å². The lowest BCUT2D eigenvalue weighted by atomic mass is 10.2. The van der Waals surface area contributed by atoms with Crippen LogP contribution in [0.25, 0.3) is 6.08 Å². The Morgan fingerprint density at radius 3 is 2.73 bits per heavy atom. The quantitative estimate of drug-likeness (QED) is 0.843. The zero-order valence-corrected chi connectivity index (χ0v) is 9.50. The number of nitrogens with two attached hydrogens (primary N) is 1. The summed E-state index contributed by atoms with van der Waals surface area (Å²) in [6.45, 7) is 0.599. The molecule has 0 spiro atoms. The first kappa shape index (κ1) is 11.9. The van der Waals surface area contributed by atoms with Crippen molar-refractivity contribution < 1.29 is 8.42 Å². The van der Waals surface area contributed by atoms with Crippen LogP contribution in [0.1, 0.15) is 12.0 Å². The van der Waals surface area contributed by atoms with Crippen LogP contribution in [0.4, 0.5) is 0 Å². The second-order valence-electron chi connectivity index (χ2n) is 3.32. The lowest BCUT2D eigenvalue weighted by molar-refractivity contribution is 0.602. The zero-order valence-electron chi connectivity index (χ0n) is 8.68. The van der Waals surface area contributed by atoms with Gasteiger partial charge in [-0.05, 0) is 30.7 Å². The van der Waals surface area contributed by atoms with Crippen molar-refractivity contribution in [3.8, 4) is 0 Å². The Labute approximate surface area is 90.5 Å². The van der Waals surface area contributed by atoms with E-state index < -0.39 is 9.84 Å². The van der Waals surface area contributed by atoms with Crippen molar-refractivity contribution in [3.05, 3.63) is 35.9 Å². The molecular weight excluding hydrogens is 210 g/mol. The van der Waals surface area contributed by atoms with Gasteiger partial charge in [0.15, 0.2) is 9.84 Å². The molecule has 1 aromatic carbocycles. The Bertz CT molecular complexity index is 449. The third kappa shape index (κ3) is 3.85. The molecular formula is C11H15NO2S. The SMILES string of the molecule is CS(=O)(=O)c1cccc(C=CCCN)c1. The van der Waals surface area contributed by atoms with Gasteiger partial charge in [0.25, 0.3) is 0 Å². The number of hydrogen-bond acceptors (Lipinski definition) is 3. The first-order chi connectivity index (χ1) is 7.04. The molecule has 15 heavy (non-hydrogen) atoms. The lowest BCUT2D eigenvalue weighted by Gasteiger charge is -1.99. The van der Waals surface area contributed by atoms with Crippen LogP contribution < -0.4 is 5.73 Å². The average Bonchev–Trinajstić information content (AvgIpc) is 2.17. The summed E-state index contributed by atoms with van der Waals surface area (Å²) >= 11 is 0. The van der Waals surface area contributed by atoms with Crippen molar-refractivity contribution in [3.63, 3.8) is 0 Å². The summed E-state index contributed by atoms with van der Waals surface area (Å²) in [5.41, 5.74) is 6.23. The fraction of sp³-hybridized carbons (Fsp3) is 0.273. The molecule has 0 heterocycles. The molecule has 0 saturated carbocycles. The number of rotatable bonds is 4. The molecule has 1 rings (SSSR count). The Hall–Kier alpha value is -1.13. The van der Waals surface area contributed by atoms with E-state index in [-0.39, 0.29) is 0 Å². The van der Waals surface area contributed by atoms with Gasteiger partial charge in [-0.2, -0.15) is 0 Å². The molecule has 0 radical (unpaired) electrons. The number of hydrogen-bond donors (Lipinski definition) is 1. The first-order valence-electron chi connectivity index (χ1n) is 4.71. The summed E-state index contributed by atoms with van der Waals surface area (Å²) < 4.78 is 22.5. The molecule has 2 N–H and O–H groups in total. The normalized spacial score (nSPS) is 12.1. The molecule has 1 aromatic rings. The highest BCUT2D eigenvalue weighted by molar-refractivity contribution is 7.90. The molecule has 82 valence electrons. The van der Waals surface area contributed by atoms with E-state index in [2.05, 4.69) is 0 Å². The molecule has 0 aliphatic heterocycles. The maximum atomic E-state index is 11.3. The van der Waals surface area contributed by atoms with E-state index in [9.17, 15) is 8.42 Å². The van der Waals surface area contributed by atoms with E-state index in [1.165, 1.54) is 6.26 Å². The molecule has 0 bridgehead atoms. The standard InChI is InChI=1S/C11H15NO2S/c1-15(13,14)11-7-4-6-10(9-11)5-2-3-8-12/h2,4-7,9H,3,8,12H2,1H3. The summed E-state index contributed by atoms with van der Waals surface area (Å²) in [5, 5.41) is 0. The summed E-state index contributed by atoms with van der Waals surface area (Å²) in [6, 6.07) is 6.85. The molecule has 0 aliphatic rings. The van der Waals surface area contributed by atoms with E-state index in [1.54, 1.807) is 18.2 Å². The van der Waals surface area contributed by atoms with Crippen molar-refractivity contribution in [2.75, 3.05) is 12.8 Å². The van der Waals surface area contributed by atoms with Gasteiger partial charge < -0.3 is 5.73 Å². The van der Waals surface area contributed by atoms with Crippen LogP contribution in [0.15, 0.2) is 35.2 Å². The average molecular weight is 225 g/mol. The van der Waals surface area contributed by atoms with Crippen LogP contribution in [-0.4, -0.2) is 21.2 Å². The second kappa shape index (κ2) is 5.09. The fourth-order valence-corrected chi connectivity index (χ4v) is 1.84. The molecule has 3 nitrogen and oxygen atoms in total. The fourth-order valence-electron chi connectivity index (χ4n) is 1.16. The van der Waals surface area contributed by atoms with Crippen LogP contribution in [0.3, 0.4) is 0 Å². The minimum absolute atomic E-state index is 0.345. The maximum Gasteiger partial charge on any atom is 0.175 e. The van der Waals surface area contributed by atoms with Gasteiger partial charge in [-0.25, -0.2) is 8.42 Å². The van der Waals surface area contributed by atoms with Crippen LogP contribution in [-0.2, 0) is 9.84 Å². The lowest BCUT2D eigenvalue weighted by Crippen LogP contribution is -1.97. The summed E-state index contributed by atoms with van der Waals surface area (Å²) in [4.78, 5) is 0.345. The van der Waals surface area contributed by atoms with E-state index in [0.717, 1.165) is 12.0 Å². The van der Waals surface area contributed by atoms with Gasteiger partial charge >= 0.3 is 0 Å². The highest BCUT2D eigenvalue weighted by Gasteiger charge is 2.05. The molecule has 0 aliphatic carbocycles. The zero-order chi connectivity index (χ0) is 11.3. The summed E-state index contributed by atoms with van der Waals surface area (Å²) in [7, 11) is -3.11. The van der Waals surface area contributed by atoms with Gasteiger partial charge in [-0.3, -0.25) is 0 Å². The third-order valence-electron chi connectivity index (χ3n) is 1.93.